The lowest BCUT2D eigenvalue weighted by molar-refractivity contribution is -0.149. The molecule has 1 aliphatic heterocycles. The predicted octanol–water partition coefficient (Wildman–Crippen LogP) is 1.27. The van der Waals surface area contributed by atoms with Crippen molar-refractivity contribution in [1.82, 2.24) is 14.7 Å². The van der Waals surface area contributed by atoms with Gasteiger partial charge >= 0.3 is 5.97 Å². The molecule has 0 saturated carbocycles. The molecule has 1 aliphatic rings. The molecule has 0 aromatic carbocycles. The smallest absolute Gasteiger partial charge is 0.331 e. The van der Waals surface area contributed by atoms with Crippen LogP contribution in [0.3, 0.4) is 0 Å². The number of aryl methyl sites for hydroxylation is 2. The molecular formula is C19H29N3O5S. The number of carbonyl (C=O) groups is 2. The third-order valence-electron chi connectivity index (χ3n) is 4.82. The highest BCUT2D eigenvalue weighted by molar-refractivity contribution is 7.91. The van der Waals surface area contributed by atoms with Gasteiger partial charge in [-0.2, -0.15) is 5.10 Å². The van der Waals surface area contributed by atoms with Gasteiger partial charge in [-0.15, -0.1) is 0 Å². The summed E-state index contributed by atoms with van der Waals surface area (Å²) in [6.07, 6.45) is 3.32. The molecule has 1 aromatic rings. The number of hydrogen-bond donors (Lipinski definition) is 0. The van der Waals surface area contributed by atoms with Gasteiger partial charge < -0.3 is 9.64 Å². The minimum absolute atomic E-state index is 0.0289. The number of esters is 1. The van der Waals surface area contributed by atoms with E-state index < -0.39 is 22.4 Å². The molecular weight excluding hydrogens is 382 g/mol. The summed E-state index contributed by atoms with van der Waals surface area (Å²) in [5.74, 6) is -0.754. The molecule has 1 atom stereocenters. The lowest BCUT2D eigenvalue weighted by Crippen LogP contribution is -2.45. The summed E-state index contributed by atoms with van der Waals surface area (Å²) in [4.78, 5) is 26.1. The summed E-state index contributed by atoms with van der Waals surface area (Å²) in [6.45, 7) is 7.68. The minimum Gasteiger partial charge on any atom is -0.452 e. The van der Waals surface area contributed by atoms with Crippen molar-refractivity contribution in [3.8, 4) is 0 Å². The molecule has 1 amide bonds. The van der Waals surface area contributed by atoms with E-state index in [1.54, 1.807) is 15.7 Å². The topological polar surface area (TPSA) is 98.6 Å². The van der Waals surface area contributed by atoms with Crippen molar-refractivity contribution in [2.75, 3.05) is 24.7 Å². The number of rotatable bonds is 7. The van der Waals surface area contributed by atoms with Crippen LogP contribution in [0.15, 0.2) is 6.08 Å². The van der Waals surface area contributed by atoms with E-state index in [1.165, 1.54) is 6.08 Å². The van der Waals surface area contributed by atoms with Gasteiger partial charge in [-0.05, 0) is 32.3 Å². The van der Waals surface area contributed by atoms with E-state index in [0.29, 0.717) is 13.0 Å². The second-order valence-electron chi connectivity index (χ2n) is 7.65. The van der Waals surface area contributed by atoms with Gasteiger partial charge in [0, 0.05) is 37.0 Å². The molecule has 0 radical (unpaired) electrons. The summed E-state index contributed by atoms with van der Waals surface area (Å²) in [5, 5.41) is 4.27. The van der Waals surface area contributed by atoms with Gasteiger partial charge in [0.25, 0.3) is 5.91 Å². The first kappa shape index (κ1) is 22.1. The monoisotopic (exact) mass is 411 g/mol. The molecule has 1 fully saturated rings. The molecule has 28 heavy (non-hydrogen) atoms. The van der Waals surface area contributed by atoms with Crippen molar-refractivity contribution < 1.29 is 22.7 Å². The van der Waals surface area contributed by atoms with Crippen LogP contribution in [0.5, 0.6) is 0 Å². The van der Waals surface area contributed by atoms with Crippen LogP contribution in [0.2, 0.25) is 0 Å². The first-order valence-corrected chi connectivity index (χ1v) is 11.2. The maximum atomic E-state index is 12.6. The quantitative estimate of drug-likeness (QED) is 0.495. The maximum Gasteiger partial charge on any atom is 0.331 e. The SMILES string of the molecule is Cc1nn(C)c(C)c1/C=C/C(=O)OCC(=O)N(CC(C)C)[C@H]1CCS(=O)(=O)C1. The molecule has 156 valence electrons. The number of amides is 1. The van der Waals surface area contributed by atoms with Gasteiger partial charge in [0.15, 0.2) is 16.4 Å². The Balaban J connectivity index is 1.97. The van der Waals surface area contributed by atoms with E-state index in [-0.39, 0.29) is 29.4 Å². The van der Waals surface area contributed by atoms with E-state index >= 15 is 0 Å². The Kier molecular flexibility index (Phi) is 7.03. The molecule has 8 nitrogen and oxygen atoms in total. The number of sulfone groups is 1. The van der Waals surface area contributed by atoms with Crippen LogP contribution >= 0.6 is 0 Å². The van der Waals surface area contributed by atoms with Crippen LogP contribution in [0, 0.1) is 19.8 Å². The molecule has 0 bridgehead atoms. The van der Waals surface area contributed by atoms with E-state index in [0.717, 1.165) is 17.0 Å². The predicted molar refractivity (Wildman–Crippen MR) is 106 cm³/mol. The summed E-state index contributed by atoms with van der Waals surface area (Å²) in [7, 11) is -1.28. The second kappa shape index (κ2) is 8.89. The van der Waals surface area contributed by atoms with E-state index in [9.17, 15) is 18.0 Å². The molecule has 2 rings (SSSR count). The fourth-order valence-electron chi connectivity index (χ4n) is 3.32. The zero-order valence-electron chi connectivity index (χ0n) is 17.1. The Morgan fingerprint density at radius 2 is 2.04 bits per heavy atom. The van der Waals surface area contributed by atoms with Gasteiger partial charge in [-0.3, -0.25) is 9.48 Å². The Morgan fingerprint density at radius 1 is 1.36 bits per heavy atom. The van der Waals surface area contributed by atoms with Crippen LogP contribution in [-0.4, -0.2) is 65.7 Å². The van der Waals surface area contributed by atoms with Gasteiger partial charge in [0.1, 0.15) is 0 Å². The average molecular weight is 412 g/mol. The first-order valence-electron chi connectivity index (χ1n) is 9.35. The standard InChI is InChI=1S/C19H29N3O5S/c1-13(2)10-22(16-8-9-28(25,26)12-16)18(23)11-27-19(24)7-6-17-14(3)20-21(5)15(17)4/h6-7,13,16H,8-12H2,1-5H3/b7-6+/t16-/m0/s1. The highest BCUT2D eigenvalue weighted by Crippen LogP contribution is 2.19. The molecule has 9 heteroatoms. The number of hydrogen-bond acceptors (Lipinski definition) is 6. The number of ether oxygens (including phenoxy) is 1. The highest BCUT2D eigenvalue weighted by Gasteiger charge is 2.35. The molecule has 0 spiro atoms. The molecule has 2 heterocycles. The summed E-state index contributed by atoms with van der Waals surface area (Å²) in [6, 6.07) is -0.352. The summed E-state index contributed by atoms with van der Waals surface area (Å²) >= 11 is 0. The largest absolute Gasteiger partial charge is 0.452 e. The molecule has 0 N–H and O–H groups in total. The zero-order valence-corrected chi connectivity index (χ0v) is 18.0. The van der Waals surface area contributed by atoms with Crippen LogP contribution in [0.25, 0.3) is 6.08 Å². The minimum atomic E-state index is -3.11. The van der Waals surface area contributed by atoms with Crippen LogP contribution in [-0.2, 0) is 31.2 Å². The third-order valence-corrected chi connectivity index (χ3v) is 6.57. The van der Waals surface area contributed by atoms with Crippen molar-refractivity contribution in [3.63, 3.8) is 0 Å². The summed E-state index contributed by atoms with van der Waals surface area (Å²) in [5.41, 5.74) is 2.55. The molecule has 0 aliphatic carbocycles. The Hall–Kier alpha value is -2.16. The van der Waals surface area contributed by atoms with E-state index in [1.807, 2.05) is 34.7 Å². The molecule has 1 aromatic heterocycles. The zero-order chi connectivity index (χ0) is 21.1. The van der Waals surface area contributed by atoms with Gasteiger partial charge in [-0.1, -0.05) is 13.8 Å². The highest BCUT2D eigenvalue weighted by atomic mass is 32.2. The maximum absolute atomic E-state index is 12.6. The number of nitrogens with zero attached hydrogens (tertiary/aromatic N) is 3. The van der Waals surface area contributed by atoms with Crippen LogP contribution in [0.4, 0.5) is 0 Å². The van der Waals surface area contributed by atoms with Crippen LogP contribution in [0.1, 0.15) is 37.2 Å². The number of carbonyl (C=O) groups excluding carboxylic acids is 2. The number of aromatic nitrogens is 2. The first-order chi connectivity index (χ1) is 13.0. The van der Waals surface area contributed by atoms with Gasteiger partial charge in [0.2, 0.25) is 0 Å². The molecule has 0 unspecified atom stereocenters. The molecule has 1 saturated heterocycles. The van der Waals surface area contributed by atoms with E-state index in [2.05, 4.69) is 5.10 Å². The van der Waals surface area contributed by atoms with Gasteiger partial charge in [0.05, 0.1) is 17.2 Å². The average Bonchev–Trinajstić information content (AvgIpc) is 3.07. The lowest BCUT2D eigenvalue weighted by atomic mass is 10.1. The van der Waals surface area contributed by atoms with Gasteiger partial charge in [-0.25, -0.2) is 13.2 Å². The lowest BCUT2D eigenvalue weighted by Gasteiger charge is -2.29. The van der Waals surface area contributed by atoms with Crippen molar-refractivity contribution in [3.05, 3.63) is 23.0 Å². The fraction of sp³-hybridized carbons (Fsp3) is 0.632. The van der Waals surface area contributed by atoms with Crippen molar-refractivity contribution in [1.29, 1.82) is 0 Å². The Bertz CT molecular complexity index is 870. The normalized spacial score (nSPS) is 18.7. The Labute approximate surface area is 166 Å². The fourth-order valence-corrected chi connectivity index (χ4v) is 5.05. The summed E-state index contributed by atoms with van der Waals surface area (Å²) < 4.78 is 30.3. The van der Waals surface area contributed by atoms with E-state index in [4.69, 9.17) is 4.74 Å². The van der Waals surface area contributed by atoms with Crippen molar-refractivity contribution in [2.24, 2.45) is 13.0 Å². The van der Waals surface area contributed by atoms with Crippen molar-refractivity contribution >= 4 is 27.8 Å². The third kappa shape index (κ3) is 5.67. The Morgan fingerprint density at radius 3 is 2.54 bits per heavy atom. The van der Waals surface area contributed by atoms with Crippen LogP contribution < -0.4 is 0 Å². The van der Waals surface area contributed by atoms with Crippen molar-refractivity contribution in [2.45, 2.75) is 40.2 Å². The second-order valence-corrected chi connectivity index (χ2v) is 9.87.